The average molecular weight is 264 g/mol. The van der Waals surface area contributed by atoms with E-state index >= 15 is 0 Å². The first-order valence-corrected chi connectivity index (χ1v) is 5.09. The molecule has 8 heteroatoms. The van der Waals surface area contributed by atoms with Crippen LogP contribution in [-0.2, 0) is 0 Å². The third-order valence-corrected chi connectivity index (χ3v) is 2.43. The van der Waals surface area contributed by atoms with E-state index < -0.39 is 17.7 Å². The lowest BCUT2D eigenvalue weighted by molar-refractivity contribution is 0.0691. The van der Waals surface area contributed by atoms with Crippen molar-refractivity contribution in [3.8, 4) is 5.69 Å². The SMILES string of the molecule is NC(=O)c1c(F)cccc1-n1cc(N)c(C(=O)O)n1. The van der Waals surface area contributed by atoms with E-state index in [0.717, 1.165) is 10.7 Å². The predicted octanol–water partition coefficient (Wildman–Crippen LogP) is 0.391. The van der Waals surface area contributed by atoms with E-state index in [-0.39, 0.29) is 22.6 Å². The van der Waals surface area contributed by atoms with Crippen LogP contribution in [0, 0.1) is 5.82 Å². The molecule has 1 aromatic carbocycles. The fraction of sp³-hybridized carbons (Fsp3) is 0. The lowest BCUT2D eigenvalue weighted by atomic mass is 10.1. The highest BCUT2D eigenvalue weighted by molar-refractivity contribution is 5.97. The number of rotatable bonds is 3. The number of anilines is 1. The van der Waals surface area contributed by atoms with Gasteiger partial charge in [0.25, 0.3) is 5.91 Å². The van der Waals surface area contributed by atoms with Crippen LogP contribution in [0.5, 0.6) is 0 Å². The summed E-state index contributed by atoms with van der Waals surface area (Å²) in [5, 5.41) is 12.5. The van der Waals surface area contributed by atoms with E-state index in [0.29, 0.717) is 0 Å². The fourth-order valence-electron chi connectivity index (χ4n) is 1.62. The van der Waals surface area contributed by atoms with Crippen LogP contribution in [0.25, 0.3) is 5.69 Å². The lowest BCUT2D eigenvalue weighted by Gasteiger charge is -2.07. The highest BCUT2D eigenvalue weighted by Gasteiger charge is 2.19. The summed E-state index contributed by atoms with van der Waals surface area (Å²) in [6, 6.07) is 3.78. The molecule has 7 nitrogen and oxygen atoms in total. The Morgan fingerprint density at radius 2 is 2.05 bits per heavy atom. The minimum Gasteiger partial charge on any atom is -0.476 e. The van der Waals surface area contributed by atoms with Gasteiger partial charge in [-0.1, -0.05) is 6.07 Å². The van der Waals surface area contributed by atoms with Gasteiger partial charge in [0.05, 0.1) is 17.6 Å². The molecule has 1 aromatic heterocycles. The van der Waals surface area contributed by atoms with Crippen LogP contribution >= 0.6 is 0 Å². The number of nitrogens with zero attached hydrogens (tertiary/aromatic N) is 2. The van der Waals surface area contributed by atoms with Crippen LogP contribution in [0.15, 0.2) is 24.4 Å². The van der Waals surface area contributed by atoms with E-state index in [4.69, 9.17) is 16.6 Å². The molecule has 0 unspecified atom stereocenters. The summed E-state index contributed by atoms with van der Waals surface area (Å²) in [6.07, 6.45) is 1.17. The highest BCUT2D eigenvalue weighted by atomic mass is 19.1. The Balaban J connectivity index is 2.66. The van der Waals surface area contributed by atoms with Gasteiger partial charge in [-0.15, -0.1) is 0 Å². The zero-order chi connectivity index (χ0) is 14.2. The molecule has 0 bridgehead atoms. The topological polar surface area (TPSA) is 124 Å². The van der Waals surface area contributed by atoms with Crippen molar-refractivity contribution in [2.45, 2.75) is 0 Å². The maximum absolute atomic E-state index is 13.6. The largest absolute Gasteiger partial charge is 0.476 e. The third kappa shape index (κ3) is 2.10. The van der Waals surface area contributed by atoms with Gasteiger partial charge in [-0.2, -0.15) is 5.10 Å². The van der Waals surface area contributed by atoms with Crippen LogP contribution in [-0.4, -0.2) is 26.8 Å². The molecule has 2 aromatic rings. The van der Waals surface area contributed by atoms with Gasteiger partial charge in [0.2, 0.25) is 0 Å². The number of nitrogens with two attached hydrogens (primary N) is 2. The monoisotopic (exact) mass is 264 g/mol. The van der Waals surface area contributed by atoms with Crippen LogP contribution in [0.4, 0.5) is 10.1 Å². The second kappa shape index (κ2) is 4.41. The summed E-state index contributed by atoms with van der Waals surface area (Å²) >= 11 is 0. The van der Waals surface area contributed by atoms with E-state index in [2.05, 4.69) is 5.10 Å². The predicted molar refractivity (Wildman–Crippen MR) is 63.4 cm³/mol. The minimum atomic E-state index is -1.33. The van der Waals surface area contributed by atoms with Crippen molar-refractivity contribution in [2.75, 3.05) is 5.73 Å². The van der Waals surface area contributed by atoms with Gasteiger partial charge in [-0.3, -0.25) is 4.79 Å². The summed E-state index contributed by atoms with van der Waals surface area (Å²) < 4.78 is 14.6. The maximum atomic E-state index is 13.6. The first-order valence-electron chi connectivity index (χ1n) is 5.09. The number of carboxylic acid groups (broad SMARTS) is 1. The van der Waals surface area contributed by atoms with Gasteiger partial charge in [0.1, 0.15) is 11.4 Å². The summed E-state index contributed by atoms with van der Waals surface area (Å²) in [5.74, 6) is -3.14. The molecule has 0 aliphatic carbocycles. The zero-order valence-electron chi connectivity index (χ0n) is 9.50. The first-order chi connectivity index (χ1) is 8.91. The second-order valence-corrected chi connectivity index (χ2v) is 3.68. The number of nitrogen functional groups attached to an aromatic ring is 1. The van der Waals surface area contributed by atoms with E-state index in [1.165, 1.54) is 18.3 Å². The van der Waals surface area contributed by atoms with Crippen molar-refractivity contribution in [3.05, 3.63) is 41.5 Å². The molecule has 5 N–H and O–H groups in total. The summed E-state index contributed by atoms with van der Waals surface area (Å²) in [6.45, 7) is 0. The lowest BCUT2D eigenvalue weighted by Crippen LogP contribution is -2.17. The number of aromatic nitrogens is 2. The number of primary amides is 1. The van der Waals surface area contributed by atoms with Gasteiger partial charge in [0, 0.05) is 0 Å². The standard InChI is InChI=1S/C11H9FN4O3/c12-5-2-1-3-7(8(5)10(14)17)16-4-6(13)9(15-16)11(18)19/h1-4H,13H2,(H2,14,17)(H,18,19). The Kier molecular flexibility index (Phi) is 2.91. The Labute approximate surface area is 106 Å². The Morgan fingerprint density at radius 3 is 2.58 bits per heavy atom. The van der Waals surface area contributed by atoms with Crippen molar-refractivity contribution in [2.24, 2.45) is 5.73 Å². The van der Waals surface area contributed by atoms with Crippen molar-refractivity contribution in [1.82, 2.24) is 9.78 Å². The first kappa shape index (κ1) is 12.6. The Bertz CT molecular complexity index is 681. The quantitative estimate of drug-likeness (QED) is 0.739. The molecule has 0 saturated carbocycles. The van der Waals surface area contributed by atoms with Gasteiger partial charge >= 0.3 is 5.97 Å². The number of carboxylic acids is 1. The zero-order valence-corrected chi connectivity index (χ0v) is 9.50. The molecule has 1 amide bonds. The van der Waals surface area contributed by atoms with Crippen molar-refractivity contribution < 1.29 is 19.1 Å². The molecule has 0 atom stereocenters. The molecule has 0 fully saturated rings. The van der Waals surface area contributed by atoms with Gasteiger partial charge in [0.15, 0.2) is 5.69 Å². The van der Waals surface area contributed by atoms with E-state index in [1.54, 1.807) is 0 Å². The smallest absolute Gasteiger partial charge is 0.358 e. The van der Waals surface area contributed by atoms with Crippen molar-refractivity contribution in [3.63, 3.8) is 0 Å². The number of carbonyl (C=O) groups excluding carboxylic acids is 1. The van der Waals surface area contributed by atoms with Crippen molar-refractivity contribution >= 4 is 17.6 Å². The molecule has 0 aliphatic heterocycles. The van der Waals surface area contributed by atoms with Crippen LogP contribution in [0.2, 0.25) is 0 Å². The normalized spacial score (nSPS) is 10.4. The minimum absolute atomic E-state index is 0.0201. The summed E-state index contributed by atoms with van der Waals surface area (Å²) in [7, 11) is 0. The number of hydrogen-bond acceptors (Lipinski definition) is 4. The van der Waals surface area contributed by atoms with Crippen LogP contribution < -0.4 is 11.5 Å². The molecule has 0 aliphatic rings. The molecule has 2 rings (SSSR count). The Morgan fingerprint density at radius 1 is 1.37 bits per heavy atom. The number of halogens is 1. The summed E-state index contributed by atoms with van der Waals surface area (Å²) in [5.41, 5.74) is 9.70. The molecular weight excluding hydrogens is 255 g/mol. The number of amides is 1. The number of hydrogen-bond donors (Lipinski definition) is 3. The number of benzene rings is 1. The van der Waals surface area contributed by atoms with Crippen molar-refractivity contribution in [1.29, 1.82) is 0 Å². The van der Waals surface area contributed by atoms with Gasteiger partial charge in [-0.25, -0.2) is 13.9 Å². The van der Waals surface area contributed by atoms with Crippen LogP contribution in [0.1, 0.15) is 20.8 Å². The highest BCUT2D eigenvalue weighted by Crippen LogP contribution is 2.20. The summed E-state index contributed by atoms with van der Waals surface area (Å²) in [4.78, 5) is 22.1. The molecular formula is C11H9FN4O3. The van der Waals surface area contributed by atoms with Gasteiger partial charge in [-0.05, 0) is 12.1 Å². The molecule has 0 saturated heterocycles. The molecule has 19 heavy (non-hydrogen) atoms. The van der Waals surface area contributed by atoms with E-state index in [1.807, 2.05) is 0 Å². The number of aromatic carboxylic acids is 1. The Hall–Kier alpha value is -2.90. The maximum Gasteiger partial charge on any atom is 0.358 e. The fourth-order valence-corrected chi connectivity index (χ4v) is 1.62. The van der Waals surface area contributed by atoms with Crippen LogP contribution in [0.3, 0.4) is 0 Å². The third-order valence-electron chi connectivity index (χ3n) is 2.43. The average Bonchev–Trinajstić information content (AvgIpc) is 2.70. The second-order valence-electron chi connectivity index (χ2n) is 3.68. The molecule has 0 spiro atoms. The van der Waals surface area contributed by atoms with E-state index in [9.17, 15) is 14.0 Å². The number of carbonyl (C=O) groups is 2. The molecule has 0 radical (unpaired) electrons. The molecule has 1 heterocycles. The molecule has 98 valence electrons. The van der Waals surface area contributed by atoms with Gasteiger partial charge < -0.3 is 16.6 Å².